The quantitative estimate of drug-likeness (QED) is 0.739. The maximum Gasteiger partial charge on any atom is 0.262 e. The maximum absolute atomic E-state index is 12.0. The third-order valence-corrected chi connectivity index (χ3v) is 7.38. The van der Waals surface area contributed by atoms with Crippen molar-refractivity contribution in [3.63, 3.8) is 0 Å². The molecule has 1 aromatic carbocycles. The van der Waals surface area contributed by atoms with Gasteiger partial charge in [-0.05, 0) is 56.1 Å². The lowest BCUT2D eigenvalue weighted by molar-refractivity contribution is -0.116. The summed E-state index contributed by atoms with van der Waals surface area (Å²) in [4.78, 5) is 11.0. The SMILES string of the molecule is NC(=O)C(Br)(Br)S(=O)(=O)c1ccc(Br)cc1. The second-order valence-electron chi connectivity index (χ2n) is 2.84. The first kappa shape index (κ1) is 14.1. The van der Waals surface area contributed by atoms with Crippen molar-refractivity contribution in [3.05, 3.63) is 28.7 Å². The lowest BCUT2D eigenvalue weighted by atomic mass is 10.4. The number of rotatable bonds is 3. The molecule has 0 heterocycles. The fourth-order valence-corrected chi connectivity index (χ4v) is 3.34. The molecule has 0 aliphatic carbocycles. The Morgan fingerprint density at radius 1 is 1.19 bits per heavy atom. The molecule has 0 spiro atoms. The molecular weight excluding hydrogens is 430 g/mol. The third-order valence-electron chi connectivity index (χ3n) is 1.75. The smallest absolute Gasteiger partial charge is 0.262 e. The largest absolute Gasteiger partial charge is 0.367 e. The summed E-state index contributed by atoms with van der Waals surface area (Å²) in [6.07, 6.45) is 0. The molecule has 0 saturated carbocycles. The molecule has 2 N–H and O–H groups in total. The number of nitrogens with two attached hydrogens (primary N) is 1. The minimum Gasteiger partial charge on any atom is -0.367 e. The molecule has 0 aliphatic rings. The normalized spacial score (nSPS) is 12.4. The Morgan fingerprint density at radius 2 is 1.62 bits per heavy atom. The van der Waals surface area contributed by atoms with Crippen LogP contribution in [-0.4, -0.2) is 16.9 Å². The number of hydrogen-bond donors (Lipinski definition) is 1. The van der Waals surface area contributed by atoms with E-state index in [-0.39, 0.29) is 4.90 Å². The molecule has 0 radical (unpaired) electrons. The van der Waals surface area contributed by atoms with Crippen molar-refractivity contribution < 1.29 is 13.2 Å². The van der Waals surface area contributed by atoms with Gasteiger partial charge in [0, 0.05) is 4.47 Å². The predicted octanol–water partition coefficient (Wildman–Crippen LogP) is 2.15. The summed E-state index contributed by atoms with van der Waals surface area (Å²) < 4.78 is 22.7. The zero-order chi connectivity index (χ0) is 12.6. The van der Waals surface area contributed by atoms with Crippen LogP contribution in [0.25, 0.3) is 0 Å². The Bertz CT molecular complexity index is 510. The van der Waals surface area contributed by atoms with E-state index in [4.69, 9.17) is 5.73 Å². The van der Waals surface area contributed by atoms with Crippen molar-refractivity contribution in [1.82, 2.24) is 0 Å². The lowest BCUT2D eigenvalue weighted by Crippen LogP contribution is -2.39. The van der Waals surface area contributed by atoms with E-state index in [0.29, 0.717) is 0 Å². The van der Waals surface area contributed by atoms with Gasteiger partial charge in [0.05, 0.1) is 4.90 Å². The highest BCUT2D eigenvalue weighted by Gasteiger charge is 2.45. The van der Waals surface area contributed by atoms with Crippen LogP contribution in [0.1, 0.15) is 0 Å². The van der Waals surface area contributed by atoms with Gasteiger partial charge in [0.2, 0.25) is 9.84 Å². The molecule has 0 atom stereocenters. The Morgan fingerprint density at radius 3 is 2.00 bits per heavy atom. The monoisotopic (exact) mass is 433 g/mol. The van der Waals surface area contributed by atoms with Gasteiger partial charge >= 0.3 is 0 Å². The average Bonchev–Trinajstić information content (AvgIpc) is 2.17. The van der Waals surface area contributed by atoms with Crippen LogP contribution in [0.2, 0.25) is 0 Å². The van der Waals surface area contributed by atoms with Crippen molar-refractivity contribution in [2.45, 2.75) is 7.46 Å². The van der Waals surface area contributed by atoms with Gasteiger partial charge in [-0.2, -0.15) is 0 Å². The van der Waals surface area contributed by atoms with E-state index in [1.54, 1.807) is 12.1 Å². The average molecular weight is 436 g/mol. The first-order valence-corrected chi connectivity index (χ1v) is 7.73. The van der Waals surface area contributed by atoms with Gasteiger partial charge in [-0.25, -0.2) is 8.42 Å². The molecule has 8 heteroatoms. The van der Waals surface area contributed by atoms with Crippen LogP contribution in [0, 0.1) is 0 Å². The Labute approximate surface area is 118 Å². The molecule has 1 amide bonds. The molecule has 0 saturated heterocycles. The second kappa shape index (κ2) is 4.75. The van der Waals surface area contributed by atoms with Crippen LogP contribution in [0.3, 0.4) is 0 Å². The van der Waals surface area contributed by atoms with E-state index >= 15 is 0 Å². The highest BCUT2D eigenvalue weighted by atomic mass is 79.9. The van der Waals surface area contributed by atoms with Crippen molar-refractivity contribution in [2.75, 3.05) is 0 Å². The molecule has 0 unspecified atom stereocenters. The Kier molecular flexibility index (Phi) is 4.20. The molecule has 88 valence electrons. The van der Waals surface area contributed by atoms with Gasteiger partial charge < -0.3 is 5.73 Å². The zero-order valence-corrected chi connectivity index (χ0v) is 13.2. The summed E-state index contributed by atoms with van der Waals surface area (Å²) in [7, 11) is -3.92. The van der Waals surface area contributed by atoms with Gasteiger partial charge in [0.25, 0.3) is 8.47 Å². The number of benzene rings is 1. The first-order chi connectivity index (χ1) is 7.19. The summed E-state index contributed by atoms with van der Waals surface area (Å²) in [6.45, 7) is 0. The molecule has 0 bridgehead atoms. The second-order valence-corrected chi connectivity index (χ2v) is 10.3. The van der Waals surface area contributed by atoms with E-state index in [9.17, 15) is 13.2 Å². The number of hydrogen-bond acceptors (Lipinski definition) is 3. The molecule has 4 nitrogen and oxygen atoms in total. The molecule has 16 heavy (non-hydrogen) atoms. The lowest BCUT2D eigenvalue weighted by Gasteiger charge is -2.16. The van der Waals surface area contributed by atoms with Crippen molar-refractivity contribution >= 4 is 63.5 Å². The Balaban J connectivity index is 3.33. The minimum absolute atomic E-state index is 0.0109. The predicted molar refractivity (Wildman–Crippen MR) is 71.1 cm³/mol. The fraction of sp³-hybridized carbons (Fsp3) is 0.125. The number of primary amides is 1. The van der Waals surface area contributed by atoms with Crippen LogP contribution in [-0.2, 0) is 14.6 Å². The zero-order valence-electron chi connectivity index (χ0n) is 7.65. The highest BCUT2D eigenvalue weighted by Crippen LogP contribution is 2.37. The molecule has 1 aromatic rings. The maximum atomic E-state index is 12.0. The molecule has 0 aliphatic heterocycles. The van der Waals surface area contributed by atoms with Gasteiger partial charge in [0.1, 0.15) is 0 Å². The summed E-state index contributed by atoms with van der Waals surface area (Å²) in [5.74, 6) is -1.03. The standard InChI is InChI=1S/C8H6Br3NO3S/c9-5-1-3-6(4-2-5)16(14,15)8(10,11)7(12)13/h1-4H,(H2,12,13). The van der Waals surface area contributed by atoms with Crippen LogP contribution >= 0.6 is 47.8 Å². The van der Waals surface area contributed by atoms with Crippen LogP contribution in [0.4, 0.5) is 0 Å². The number of sulfone groups is 1. The summed E-state index contributed by atoms with van der Waals surface area (Å²) >= 11 is 8.71. The fourth-order valence-electron chi connectivity index (χ4n) is 0.894. The number of amides is 1. The van der Waals surface area contributed by atoms with Crippen molar-refractivity contribution in [2.24, 2.45) is 5.73 Å². The molecule has 1 rings (SSSR count). The van der Waals surface area contributed by atoms with Gasteiger partial charge in [0.15, 0.2) is 0 Å². The highest BCUT2D eigenvalue weighted by molar-refractivity contribution is 9.28. The molecule has 0 aromatic heterocycles. The third kappa shape index (κ3) is 2.49. The van der Waals surface area contributed by atoms with E-state index in [0.717, 1.165) is 4.47 Å². The number of halogens is 3. The topological polar surface area (TPSA) is 77.2 Å². The van der Waals surface area contributed by atoms with E-state index in [2.05, 4.69) is 47.8 Å². The summed E-state index contributed by atoms with van der Waals surface area (Å²) in [5.41, 5.74) is 5.00. The minimum atomic E-state index is -3.92. The van der Waals surface area contributed by atoms with Crippen molar-refractivity contribution in [1.29, 1.82) is 0 Å². The number of alkyl halides is 2. The first-order valence-electron chi connectivity index (χ1n) is 3.87. The van der Waals surface area contributed by atoms with Gasteiger partial charge in [-0.15, -0.1) is 0 Å². The van der Waals surface area contributed by atoms with Crippen LogP contribution < -0.4 is 5.73 Å². The van der Waals surface area contributed by atoms with E-state index in [1.807, 2.05) is 0 Å². The van der Waals surface area contributed by atoms with Gasteiger partial charge in [-0.3, -0.25) is 4.79 Å². The van der Waals surface area contributed by atoms with Crippen molar-refractivity contribution in [3.8, 4) is 0 Å². The van der Waals surface area contributed by atoms with E-state index in [1.165, 1.54) is 12.1 Å². The number of carbonyl (C=O) groups is 1. The van der Waals surface area contributed by atoms with Crippen LogP contribution in [0.5, 0.6) is 0 Å². The molecular formula is C8H6Br3NO3S. The van der Waals surface area contributed by atoms with Crippen LogP contribution in [0.15, 0.2) is 33.6 Å². The number of carbonyl (C=O) groups excluding carboxylic acids is 1. The van der Waals surface area contributed by atoms with E-state index < -0.39 is 18.3 Å². The summed E-state index contributed by atoms with van der Waals surface area (Å²) in [6, 6.07) is 5.87. The van der Waals surface area contributed by atoms with Gasteiger partial charge in [-0.1, -0.05) is 15.9 Å². The molecule has 0 fully saturated rings. The Hall–Kier alpha value is 0.0800. The summed E-state index contributed by atoms with van der Waals surface area (Å²) in [5, 5.41) is 0.